The molecule has 1 aromatic rings. The van der Waals surface area contributed by atoms with Gasteiger partial charge in [-0.15, -0.1) is 0 Å². The third-order valence-corrected chi connectivity index (χ3v) is 7.48. The summed E-state index contributed by atoms with van der Waals surface area (Å²) in [4.78, 5) is 24.6. The third-order valence-electron chi connectivity index (χ3n) is 7.48. The van der Waals surface area contributed by atoms with Gasteiger partial charge in [0, 0.05) is 26.1 Å². The van der Waals surface area contributed by atoms with Crippen molar-refractivity contribution >= 4 is 11.8 Å². The second-order valence-corrected chi connectivity index (χ2v) is 10.5. The quantitative estimate of drug-likeness (QED) is 0.222. The topological polar surface area (TPSA) is 98.8 Å². The van der Waals surface area contributed by atoms with Crippen LogP contribution in [0, 0.1) is 5.92 Å². The molecular formula is C31H44O9. The summed E-state index contributed by atoms with van der Waals surface area (Å²) in [5.41, 5.74) is 0. The maximum absolute atomic E-state index is 13.1. The van der Waals surface area contributed by atoms with Crippen LogP contribution in [0.4, 0.5) is 0 Å². The minimum Gasteiger partial charge on any atom is -0.491 e. The van der Waals surface area contributed by atoms with E-state index in [2.05, 4.69) is 0 Å². The highest BCUT2D eigenvalue weighted by Gasteiger charge is 2.45. The molecule has 2 saturated heterocycles. The lowest BCUT2D eigenvalue weighted by molar-refractivity contribution is -0.226. The summed E-state index contributed by atoms with van der Waals surface area (Å²) < 4.78 is 41.4. The van der Waals surface area contributed by atoms with Crippen LogP contribution in [0.1, 0.15) is 64.2 Å². The van der Waals surface area contributed by atoms with Crippen LogP contribution in [0.15, 0.2) is 42.5 Å². The van der Waals surface area contributed by atoms with Crippen LogP contribution in [0.2, 0.25) is 0 Å². The molecule has 1 aliphatic carbocycles. The van der Waals surface area contributed by atoms with Crippen molar-refractivity contribution in [3.8, 4) is 5.75 Å². The van der Waals surface area contributed by atoms with E-state index in [1.165, 1.54) is 7.11 Å². The van der Waals surface area contributed by atoms with Crippen molar-refractivity contribution in [1.29, 1.82) is 0 Å². The van der Waals surface area contributed by atoms with E-state index >= 15 is 0 Å². The van der Waals surface area contributed by atoms with Gasteiger partial charge in [0.05, 0.1) is 31.8 Å². The van der Waals surface area contributed by atoms with Crippen LogP contribution in [0.25, 0.3) is 0 Å². The first-order valence-corrected chi connectivity index (χ1v) is 14.7. The molecule has 0 spiro atoms. The van der Waals surface area contributed by atoms with Crippen molar-refractivity contribution in [3.63, 3.8) is 0 Å². The van der Waals surface area contributed by atoms with Crippen LogP contribution >= 0.6 is 0 Å². The van der Waals surface area contributed by atoms with E-state index in [0.29, 0.717) is 39.1 Å². The fraction of sp³-hybridized carbons (Fsp3) is 0.677. The Kier molecular flexibility index (Phi) is 12.9. The summed E-state index contributed by atoms with van der Waals surface area (Å²) >= 11 is 0. The average molecular weight is 561 g/mol. The predicted molar refractivity (Wildman–Crippen MR) is 147 cm³/mol. The zero-order chi connectivity index (χ0) is 28.0. The van der Waals surface area contributed by atoms with Gasteiger partial charge in [-0.2, -0.15) is 0 Å². The first-order valence-electron chi connectivity index (χ1n) is 14.7. The summed E-state index contributed by atoms with van der Waals surface area (Å²) in [5.74, 6) is 0.249. The molecule has 1 aromatic carbocycles. The SMILES string of the molecule is COC(=O)CC/C=C\C[C@H]1C(=O)C[C@@H](OC2CCCCO2)[C@@H]1OCC(COc1ccccc1)OC1CCCCO1. The van der Waals surface area contributed by atoms with Crippen molar-refractivity contribution in [2.45, 2.75) is 95.1 Å². The fourth-order valence-electron chi connectivity index (χ4n) is 5.28. The molecule has 0 amide bonds. The highest BCUT2D eigenvalue weighted by atomic mass is 16.7. The van der Waals surface area contributed by atoms with E-state index in [9.17, 15) is 9.59 Å². The molecule has 2 heterocycles. The summed E-state index contributed by atoms with van der Waals surface area (Å²) in [6.07, 6.45) is 9.44. The molecule has 3 unspecified atom stereocenters. The number of hydrogen-bond acceptors (Lipinski definition) is 9. The van der Waals surface area contributed by atoms with Crippen LogP contribution in [-0.4, -0.2) is 76.2 Å². The van der Waals surface area contributed by atoms with Gasteiger partial charge in [-0.25, -0.2) is 0 Å². The first kappa shape index (κ1) is 30.7. The molecule has 40 heavy (non-hydrogen) atoms. The Morgan fingerprint density at radius 3 is 2.45 bits per heavy atom. The van der Waals surface area contributed by atoms with E-state index < -0.39 is 12.2 Å². The molecule has 9 heteroatoms. The molecule has 222 valence electrons. The van der Waals surface area contributed by atoms with Gasteiger partial charge in [0.2, 0.25) is 0 Å². The molecule has 3 fully saturated rings. The molecule has 0 bridgehead atoms. The highest BCUT2D eigenvalue weighted by Crippen LogP contribution is 2.33. The number of hydrogen-bond donors (Lipinski definition) is 0. The number of ether oxygens (including phenoxy) is 7. The van der Waals surface area contributed by atoms with Crippen molar-refractivity contribution in [2.24, 2.45) is 5.92 Å². The maximum atomic E-state index is 13.1. The van der Waals surface area contributed by atoms with E-state index in [4.69, 9.17) is 33.2 Å². The Labute approximate surface area is 237 Å². The van der Waals surface area contributed by atoms with Gasteiger partial charge in [-0.05, 0) is 63.5 Å². The number of allylic oxidation sites excluding steroid dienone is 2. The number of methoxy groups -OCH3 is 1. The average Bonchev–Trinajstić information content (AvgIpc) is 3.28. The zero-order valence-electron chi connectivity index (χ0n) is 23.6. The van der Waals surface area contributed by atoms with Crippen molar-refractivity contribution in [2.75, 3.05) is 33.5 Å². The minimum atomic E-state index is -0.446. The van der Waals surface area contributed by atoms with Gasteiger partial charge < -0.3 is 33.2 Å². The van der Waals surface area contributed by atoms with Gasteiger partial charge in [0.15, 0.2) is 12.6 Å². The molecule has 0 N–H and O–H groups in total. The van der Waals surface area contributed by atoms with Crippen molar-refractivity contribution in [1.82, 2.24) is 0 Å². The summed E-state index contributed by atoms with van der Waals surface area (Å²) in [6, 6.07) is 9.60. The number of para-hydroxylation sites is 1. The largest absolute Gasteiger partial charge is 0.491 e. The van der Waals surface area contributed by atoms with Crippen LogP contribution in [0.5, 0.6) is 5.75 Å². The maximum Gasteiger partial charge on any atom is 0.305 e. The number of rotatable bonds is 15. The van der Waals surface area contributed by atoms with Crippen molar-refractivity contribution < 1.29 is 42.7 Å². The number of benzene rings is 1. The monoisotopic (exact) mass is 560 g/mol. The molecule has 0 aromatic heterocycles. The van der Waals surface area contributed by atoms with Gasteiger partial charge in [0.25, 0.3) is 0 Å². The molecule has 0 radical (unpaired) electrons. The number of Topliss-reactive ketones (excluding diaryl/α,β-unsaturated/α-hetero) is 1. The Morgan fingerprint density at radius 1 is 1.00 bits per heavy atom. The Balaban J connectivity index is 1.40. The lowest BCUT2D eigenvalue weighted by Gasteiger charge is -2.32. The Bertz CT molecular complexity index is 909. The third kappa shape index (κ3) is 9.96. The summed E-state index contributed by atoms with van der Waals surface area (Å²) in [5, 5.41) is 0. The summed E-state index contributed by atoms with van der Waals surface area (Å²) in [7, 11) is 1.38. The predicted octanol–water partition coefficient (Wildman–Crippen LogP) is 4.76. The number of esters is 1. The summed E-state index contributed by atoms with van der Waals surface area (Å²) in [6.45, 7) is 1.87. The lowest BCUT2D eigenvalue weighted by atomic mass is 9.99. The highest BCUT2D eigenvalue weighted by molar-refractivity contribution is 5.85. The molecule has 1 saturated carbocycles. The molecule has 3 aliphatic rings. The van der Waals surface area contributed by atoms with E-state index in [1.54, 1.807) is 0 Å². The number of carbonyl (C=O) groups excluding carboxylic acids is 2. The first-order chi connectivity index (χ1) is 19.6. The second-order valence-electron chi connectivity index (χ2n) is 10.5. The fourth-order valence-corrected chi connectivity index (χ4v) is 5.28. The molecular weight excluding hydrogens is 516 g/mol. The molecule has 6 atom stereocenters. The van der Waals surface area contributed by atoms with Crippen LogP contribution in [-0.2, 0) is 38.0 Å². The normalized spacial score (nSPS) is 28.0. The van der Waals surface area contributed by atoms with E-state index in [1.807, 2.05) is 42.5 Å². The van der Waals surface area contributed by atoms with E-state index in [0.717, 1.165) is 44.3 Å². The number of carbonyl (C=O) groups is 2. The van der Waals surface area contributed by atoms with Gasteiger partial charge in [0.1, 0.15) is 24.2 Å². The number of ketones is 1. The van der Waals surface area contributed by atoms with E-state index in [-0.39, 0.29) is 49.4 Å². The molecule has 4 rings (SSSR count). The van der Waals surface area contributed by atoms with Gasteiger partial charge >= 0.3 is 5.97 Å². The lowest BCUT2D eigenvalue weighted by Crippen LogP contribution is -2.40. The molecule has 9 nitrogen and oxygen atoms in total. The van der Waals surface area contributed by atoms with Crippen LogP contribution < -0.4 is 4.74 Å². The van der Waals surface area contributed by atoms with Gasteiger partial charge in [-0.1, -0.05) is 30.4 Å². The van der Waals surface area contributed by atoms with Crippen molar-refractivity contribution in [3.05, 3.63) is 42.5 Å². The van der Waals surface area contributed by atoms with Crippen LogP contribution in [0.3, 0.4) is 0 Å². The smallest absolute Gasteiger partial charge is 0.305 e. The second kappa shape index (κ2) is 16.8. The minimum absolute atomic E-state index is 0.108. The standard InChI is InChI=1S/C31H44O9/c1-34-28(33)15-7-3-6-14-25-26(32)20-27(40-30-17-9-11-19-36-30)31(25)38-22-24(39-29-16-8-10-18-35-29)21-37-23-12-4-2-5-13-23/h2-6,12-13,24-25,27,29-31H,7-11,14-22H2,1H3/b6-3-/t24?,25-,27+,29?,30?,31+/m0/s1. The van der Waals surface area contributed by atoms with Gasteiger partial charge in [-0.3, -0.25) is 9.59 Å². The Hall–Kier alpha value is -2.30. The Morgan fingerprint density at radius 2 is 1.75 bits per heavy atom. The zero-order valence-corrected chi connectivity index (χ0v) is 23.6. The molecule has 2 aliphatic heterocycles.